The third-order valence-electron chi connectivity index (χ3n) is 3.35. The molecule has 1 aromatic carbocycles. The molecule has 1 aliphatic rings. The summed E-state index contributed by atoms with van der Waals surface area (Å²) in [5, 5.41) is 10.7. The summed E-state index contributed by atoms with van der Waals surface area (Å²) in [6, 6.07) is 9.61. The molecule has 0 saturated carbocycles. The monoisotopic (exact) mass is 262 g/mol. The van der Waals surface area contributed by atoms with Gasteiger partial charge in [-0.15, -0.1) is 0 Å². The molecule has 2 N–H and O–H groups in total. The molecule has 2 aromatic heterocycles. The fourth-order valence-corrected chi connectivity index (χ4v) is 2.38. The Morgan fingerprint density at radius 1 is 1.20 bits per heavy atom. The van der Waals surface area contributed by atoms with Crippen LogP contribution in [0.2, 0.25) is 0 Å². The highest BCUT2D eigenvalue weighted by molar-refractivity contribution is 6.34. The van der Waals surface area contributed by atoms with Crippen molar-refractivity contribution in [3.8, 4) is 0 Å². The minimum Gasteiger partial charge on any atom is -0.306 e. The van der Waals surface area contributed by atoms with Crippen molar-refractivity contribution in [2.24, 2.45) is 0 Å². The maximum Gasteiger partial charge on any atom is 0.257 e. The van der Waals surface area contributed by atoms with Gasteiger partial charge in [-0.3, -0.25) is 9.89 Å². The fourth-order valence-electron chi connectivity index (χ4n) is 2.38. The second-order valence-corrected chi connectivity index (χ2v) is 4.63. The van der Waals surface area contributed by atoms with Gasteiger partial charge in [0, 0.05) is 17.1 Å². The van der Waals surface area contributed by atoms with E-state index in [1.165, 1.54) is 0 Å². The first-order chi connectivity index (χ1) is 9.81. The topological polar surface area (TPSA) is 70.7 Å². The summed E-state index contributed by atoms with van der Waals surface area (Å²) in [7, 11) is 0. The van der Waals surface area contributed by atoms with Gasteiger partial charge in [0.25, 0.3) is 5.91 Å². The zero-order chi connectivity index (χ0) is 13.5. The highest BCUT2D eigenvalue weighted by atomic mass is 16.2. The first kappa shape index (κ1) is 10.9. The molecule has 96 valence electrons. The molecule has 20 heavy (non-hydrogen) atoms. The summed E-state index contributed by atoms with van der Waals surface area (Å²) in [5.41, 5.74) is 3.41. The largest absolute Gasteiger partial charge is 0.306 e. The van der Waals surface area contributed by atoms with Crippen LogP contribution >= 0.6 is 0 Å². The van der Waals surface area contributed by atoms with Crippen molar-refractivity contribution in [3.63, 3.8) is 0 Å². The van der Waals surface area contributed by atoms with E-state index in [4.69, 9.17) is 0 Å². The van der Waals surface area contributed by atoms with Crippen LogP contribution in [0.4, 0.5) is 5.82 Å². The van der Waals surface area contributed by atoms with E-state index in [1.54, 1.807) is 12.4 Å². The molecule has 0 bridgehead atoms. The molecule has 3 heterocycles. The minimum absolute atomic E-state index is 0.119. The number of aromatic amines is 1. The molecular formula is C15H10N4O. The molecule has 1 amide bonds. The van der Waals surface area contributed by atoms with Crippen molar-refractivity contribution >= 4 is 34.3 Å². The molecule has 5 heteroatoms. The van der Waals surface area contributed by atoms with Crippen LogP contribution in [0.3, 0.4) is 0 Å². The summed E-state index contributed by atoms with van der Waals surface area (Å²) in [5.74, 6) is 0.499. The molecule has 0 spiro atoms. The zero-order valence-corrected chi connectivity index (χ0v) is 10.4. The average Bonchev–Trinajstić information content (AvgIpc) is 3.04. The van der Waals surface area contributed by atoms with Crippen LogP contribution in [-0.4, -0.2) is 21.1 Å². The van der Waals surface area contributed by atoms with Crippen molar-refractivity contribution in [2.45, 2.75) is 0 Å². The van der Waals surface area contributed by atoms with Crippen molar-refractivity contribution in [1.29, 1.82) is 0 Å². The Labute approximate surface area is 114 Å². The average molecular weight is 262 g/mol. The van der Waals surface area contributed by atoms with Crippen LogP contribution in [0.15, 0.2) is 42.7 Å². The molecular weight excluding hydrogens is 252 g/mol. The molecule has 1 aliphatic heterocycles. The number of benzene rings is 1. The lowest BCUT2D eigenvalue weighted by atomic mass is 10.0. The van der Waals surface area contributed by atoms with Crippen LogP contribution < -0.4 is 5.32 Å². The van der Waals surface area contributed by atoms with Crippen LogP contribution in [0.25, 0.3) is 22.6 Å². The number of carbonyl (C=O) groups is 1. The minimum atomic E-state index is -0.119. The van der Waals surface area contributed by atoms with Crippen molar-refractivity contribution < 1.29 is 4.79 Å². The molecule has 0 saturated heterocycles. The Kier molecular flexibility index (Phi) is 2.20. The van der Waals surface area contributed by atoms with Gasteiger partial charge < -0.3 is 5.32 Å². The molecule has 0 atom stereocenters. The normalized spacial score (nSPS) is 15.6. The van der Waals surface area contributed by atoms with E-state index in [9.17, 15) is 4.79 Å². The van der Waals surface area contributed by atoms with Crippen LogP contribution in [0.1, 0.15) is 11.1 Å². The van der Waals surface area contributed by atoms with E-state index in [0.717, 1.165) is 22.0 Å². The maximum atomic E-state index is 12.0. The second kappa shape index (κ2) is 4.03. The van der Waals surface area contributed by atoms with Gasteiger partial charge in [0.15, 0.2) is 0 Å². The van der Waals surface area contributed by atoms with Crippen molar-refractivity contribution in [2.75, 3.05) is 5.32 Å². The Morgan fingerprint density at radius 2 is 2.15 bits per heavy atom. The van der Waals surface area contributed by atoms with E-state index in [-0.39, 0.29) is 5.91 Å². The molecule has 0 unspecified atom stereocenters. The number of anilines is 1. The number of H-pyrrole nitrogens is 1. The number of nitrogens with one attached hydrogen (secondary N) is 2. The lowest BCUT2D eigenvalue weighted by Crippen LogP contribution is -2.04. The summed E-state index contributed by atoms with van der Waals surface area (Å²) < 4.78 is 0. The Hall–Kier alpha value is -2.95. The van der Waals surface area contributed by atoms with Gasteiger partial charge in [-0.25, -0.2) is 4.98 Å². The first-order valence-electron chi connectivity index (χ1n) is 6.23. The van der Waals surface area contributed by atoms with Crippen LogP contribution in [0, 0.1) is 0 Å². The van der Waals surface area contributed by atoms with Crippen LogP contribution in [0.5, 0.6) is 0 Å². The fraction of sp³-hybridized carbons (Fsp3) is 0. The third-order valence-corrected chi connectivity index (χ3v) is 3.35. The Morgan fingerprint density at radius 3 is 3.10 bits per heavy atom. The van der Waals surface area contributed by atoms with Gasteiger partial charge >= 0.3 is 0 Å². The SMILES string of the molecule is O=C1Nc2ncccc2/C1=C\c1ccc2[nH]ncc2c1. The highest BCUT2D eigenvalue weighted by Gasteiger charge is 2.24. The van der Waals surface area contributed by atoms with E-state index in [2.05, 4.69) is 20.5 Å². The standard InChI is InChI=1S/C15H10N4O/c20-15-12(11-2-1-5-16-14(11)18-15)7-9-3-4-13-10(6-9)8-17-19-13/h1-8H,(H,17,19)(H,16,18,20)/b12-7+. The first-order valence-corrected chi connectivity index (χ1v) is 6.23. The Bertz CT molecular complexity index is 863. The van der Waals surface area contributed by atoms with E-state index in [0.29, 0.717) is 11.4 Å². The number of hydrogen-bond donors (Lipinski definition) is 2. The summed E-state index contributed by atoms with van der Waals surface area (Å²) in [4.78, 5) is 16.2. The lowest BCUT2D eigenvalue weighted by Gasteiger charge is -1.98. The molecule has 0 aliphatic carbocycles. The molecule has 0 fully saturated rings. The van der Waals surface area contributed by atoms with Gasteiger partial charge in [0.05, 0.1) is 17.3 Å². The molecule has 0 radical (unpaired) electrons. The van der Waals surface area contributed by atoms with Crippen LogP contribution in [-0.2, 0) is 4.79 Å². The molecule has 4 rings (SSSR count). The lowest BCUT2D eigenvalue weighted by molar-refractivity contribution is -0.110. The zero-order valence-electron chi connectivity index (χ0n) is 10.4. The number of rotatable bonds is 1. The number of amides is 1. The quantitative estimate of drug-likeness (QED) is 0.662. The third kappa shape index (κ3) is 1.60. The predicted molar refractivity (Wildman–Crippen MR) is 76.8 cm³/mol. The summed E-state index contributed by atoms with van der Waals surface area (Å²) in [6.45, 7) is 0. The Balaban J connectivity index is 1.85. The smallest absolute Gasteiger partial charge is 0.257 e. The van der Waals surface area contributed by atoms with Gasteiger partial charge in [-0.1, -0.05) is 6.07 Å². The maximum absolute atomic E-state index is 12.0. The van der Waals surface area contributed by atoms with Crippen molar-refractivity contribution in [3.05, 3.63) is 53.9 Å². The van der Waals surface area contributed by atoms with E-state index < -0.39 is 0 Å². The van der Waals surface area contributed by atoms with Gasteiger partial charge in [0.1, 0.15) is 5.82 Å². The number of hydrogen-bond acceptors (Lipinski definition) is 3. The molecule has 3 aromatic rings. The summed E-state index contributed by atoms with van der Waals surface area (Å²) >= 11 is 0. The van der Waals surface area contributed by atoms with E-state index >= 15 is 0 Å². The number of aromatic nitrogens is 3. The van der Waals surface area contributed by atoms with E-state index in [1.807, 2.05) is 36.4 Å². The van der Waals surface area contributed by atoms with Gasteiger partial charge in [-0.05, 0) is 35.9 Å². The number of fused-ring (bicyclic) bond motifs is 2. The van der Waals surface area contributed by atoms with Crippen molar-refractivity contribution in [1.82, 2.24) is 15.2 Å². The second-order valence-electron chi connectivity index (χ2n) is 4.63. The highest BCUT2D eigenvalue weighted by Crippen LogP contribution is 2.31. The van der Waals surface area contributed by atoms with Gasteiger partial charge in [-0.2, -0.15) is 5.10 Å². The number of carbonyl (C=O) groups excluding carboxylic acids is 1. The number of pyridine rings is 1. The summed E-state index contributed by atoms with van der Waals surface area (Å²) in [6.07, 6.45) is 5.30. The number of nitrogens with zero attached hydrogens (tertiary/aromatic N) is 2. The molecule has 5 nitrogen and oxygen atoms in total. The van der Waals surface area contributed by atoms with Gasteiger partial charge in [0.2, 0.25) is 0 Å². The predicted octanol–water partition coefficient (Wildman–Crippen LogP) is 2.45.